The van der Waals surface area contributed by atoms with Gasteiger partial charge in [-0.25, -0.2) is 0 Å². The highest BCUT2D eigenvalue weighted by molar-refractivity contribution is 4.42. The second kappa shape index (κ2) is 152. The van der Waals surface area contributed by atoms with Gasteiger partial charge in [0.15, 0.2) is 0 Å². The molecular weight excluding hydrogens is 336 g/mol. The number of hydrogen-bond donors (Lipinski definition) is 2. The van der Waals surface area contributed by atoms with Crippen molar-refractivity contribution in [1.82, 2.24) is 0 Å². The number of aliphatic hydroxyl groups excluding tert-OH is 2. The predicted molar refractivity (Wildman–Crippen MR) is 132 cm³/mol. The van der Waals surface area contributed by atoms with E-state index in [1.54, 1.807) is 0 Å². The Morgan fingerprint density at radius 2 is 0.815 bits per heavy atom. The lowest BCUT2D eigenvalue weighted by Gasteiger charge is -2.00. The van der Waals surface area contributed by atoms with Crippen molar-refractivity contribution in [3.8, 4) is 0 Å². The van der Waals surface area contributed by atoms with Gasteiger partial charge in [-0.05, 0) is 13.3 Å². The van der Waals surface area contributed by atoms with Gasteiger partial charge >= 0.3 is 0 Å². The molecule has 0 aliphatic carbocycles. The Labute approximate surface area is 173 Å². The average molecular weight is 389 g/mol. The van der Waals surface area contributed by atoms with E-state index in [9.17, 15) is 0 Å². The molecule has 0 aromatic heterocycles. The molecule has 0 fully saturated rings. The Balaban J connectivity index is -0.0000000315. The van der Waals surface area contributed by atoms with E-state index in [1.807, 2.05) is 0 Å². The molecule has 3 heteroatoms. The molecule has 0 spiro atoms. The minimum absolute atomic E-state index is 0.125. The first kappa shape index (κ1) is 49.9. The van der Waals surface area contributed by atoms with E-state index in [1.165, 1.54) is 38.5 Å². The summed E-state index contributed by atoms with van der Waals surface area (Å²) in [6.07, 6.45) is 8.13. The van der Waals surface area contributed by atoms with Gasteiger partial charge in [-0.2, -0.15) is 0 Å². The molecule has 0 heterocycles. The lowest BCUT2D eigenvalue weighted by atomic mass is 10.1. The normalized spacial score (nSPS) is 6.22. The van der Waals surface area contributed by atoms with Crippen LogP contribution < -0.4 is 0 Å². The van der Waals surface area contributed by atoms with Crippen molar-refractivity contribution in [3.05, 3.63) is 78.9 Å². The maximum absolute atomic E-state index is 7.62. The third-order valence-corrected chi connectivity index (χ3v) is 1.95. The van der Waals surface area contributed by atoms with Crippen molar-refractivity contribution in [2.24, 2.45) is 0 Å². The van der Waals surface area contributed by atoms with E-state index in [2.05, 4.69) is 92.8 Å². The number of ether oxygens (including phenoxy) is 1. The first-order valence-corrected chi connectivity index (χ1v) is 9.12. The summed E-state index contributed by atoms with van der Waals surface area (Å²) in [6.45, 7) is 41.9. The van der Waals surface area contributed by atoms with E-state index in [-0.39, 0.29) is 13.2 Å². The minimum Gasteiger partial charge on any atom is -0.394 e. The molecular formula is C24H52O3. The van der Waals surface area contributed by atoms with E-state index in [4.69, 9.17) is 14.9 Å². The Morgan fingerprint density at radius 1 is 0.519 bits per heavy atom. The highest BCUT2D eigenvalue weighted by atomic mass is 16.5. The molecule has 0 radical (unpaired) electrons. The van der Waals surface area contributed by atoms with Crippen LogP contribution in [0.5, 0.6) is 0 Å². The molecule has 0 aliphatic rings. The second-order valence-electron chi connectivity index (χ2n) is 3.41. The number of unbranched alkanes of at least 4 members (excludes halogenated alkanes) is 5. The van der Waals surface area contributed by atoms with Crippen molar-refractivity contribution in [3.63, 3.8) is 0 Å². The first-order valence-electron chi connectivity index (χ1n) is 9.12. The minimum atomic E-state index is -0.125. The summed E-state index contributed by atoms with van der Waals surface area (Å²) in [5.41, 5.74) is 0. The third-order valence-electron chi connectivity index (χ3n) is 1.95. The highest BCUT2D eigenvalue weighted by Crippen LogP contribution is 2.04. The molecule has 0 amide bonds. The quantitative estimate of drug-likeness (QED) is 0.325. The summed E-state index contributed by atoms with van der Waals surface area (Å²) in [5, 5.41) is 15.2. The van der Waals surface area contributed by atoms with Crippen LogP contribution in [0, 0.1) is 0 Å². The number of aliphatic hydroxyl groups is 2. The fraction of sp³-hybridized carbons (Fsp3) is 0.500. The molecule has 166 valence electrons. The van der Waals surface area contributed by atoms with Crippen LogP contribution in [-0.4, -0.2) is 36.6 Å². The van der Waals surface area contributed by atoms with Crippen molar-refractivity contribution < 1.29 is 14.9 Å². The van der Waals surface area contributed by atoms with Gasteiger partial charge in [0, 0.05) is 13.2 Å². The van der Waals surface area contributed by atoms with Crippen LogP contribution in [0.4, 0.5) is 0 Å². The zero-order valence-corrected chi connectivity index (χ0v) is 18.9. The molecule has 27 heavy (non-hydrogen) atoms. The highest BCUT2D eigenvalue weighted by Gasteiger charge is 1.88. The van der Waals surface area contributed by atoms with Gasteiger partial charge in [0.1, 0.15) is 0 Å². The predicted octanol–water partition coefficient (Wildman–Crippen LogP) is 7.17. The monoisotopic (exact) mass is 388 g/mol. The van der Waals surface area contributed by atoms with Crippen LogP contribution in [0.3, 0.4) is 0 Å². The molecule has 0 saturated carbocycles. The van der Waals surface area contributed by atoms with Gasteiger partial charge in [-0.1, -0.05) is 39.0 Å². The van der Waals surface area contributed by atoms with Crippen LogP contribution in [-0.2, 0) is 4.74 Å². The van der Waals surface area contributed by atoms with Crippen LogP contribution in [0.1, 0.15) is 52.4 Å². The van der Waals surface area contributed by atoms with E-state index >= 15 is 0 Å². The molecule has 0 aliphatic heterocycles. The molecule has 0 aromatic rings. The van der Waals surface area contributed by atoms with Crippen LogP contribution in [0.25, 0.3) is 0 Å². The first-order chi connectivity index (χ1) is 13.3. The lowest BCUT2D eigenvalue weighted by molar-refractivity contribution is 0.143. The van der Waals surface area contributed by atoms with Crippen molar-refractivity contribution >= 4 is 0 Å². The van der Waals surface area contributed by atoms with Crippen LogP contribution in [0.15, 0.2) is 78.9 Å². The van der Waals surface area contributed by atoms with Gasteiger partial charge < -0.3 is 14.9 Å². The third kappa shape index (κ3) is 226. The van der Waals surface area contributed by atoms with Crippen molar-refractivity contribution in [2.75, 3.05) is 26.4 Å². The Morgan fingerprint density at radius 3 is 1.07 bits per heavy atom. The largest absolute Gasteiger partial charge is 0.394 e. The molecule has 3 nitrogen and oxygen atoms in total. The van der Waals surface area contributed by atoms with Gasteiger partial charge in [0.05, 0.1) is 13.2 Å². The SMILES string of the molecule is C=C.C=C.C=C.C=C.C=C.C=C.CCCCCCCCOCC.OCCO. The zero-order chi connectivity index (χ0) is 23.8. The van der Waals surface area contributed by atoms with Crippen molar-refractivity contribution in [1.29, 1.82) is 0 Å². The maximum Gasteiger partial charge on any atom is 0.0662 e. The molecule has 0 bridgehead atoms. The Hall–Kier alpha value is -1.68. The lowest BCUT2D eigenvalue weighted by Crippen LogP contribution is -1.92. The molecule has 0 aromatic carbocycles. The van der Waals surface area contributed by atoms with Gasteiger partial charge in [-0.3, -0.25) is 0 Å². The molecule has 0 saturated heterocycles. The van der Waals surface area contributed by atoms with E-state index in [0.29, 0.717) is 0 Å². The van der Waals surface area contributed by atoms with Crippen LogP contribution >= 0.6 is 0 Å². The fourth-order valence-corrected chi connectivity index (χ4v) is 1.13. The Bertz CT molecular complexity index is 127. The summed E-state index contributed by atoms with van der Waals surface area (Å²) in [4.78, 5) is 0. The van der Waals surface area contributed by atoms with Crippen molar-refractivity contribution in [2.45, 2.75) is 52.4 Å². The van der Waals surface area contributed by atoms with E-state index in [0.717, 1.165) is 13.2 Å². The summed E-state index contributed by atoms with van der Waals surface area (Å²) in [6, 6.07) is 0. The number of hydrogen-bond acceptors (Lipinski definition) is 3. The molecule has 0 rings (SSSR count). The maximum atomic E-state index is 7.62. The molecule has 0 unspecified atom stereocenters. The standard InChI is InChI=1S/C10H22O.C2H6O2.6C2H4/c1-3-5-6-7-8-9-10-11-4-2;3-1-2-4;6*1-2/h3-10H2,1-2H3;3-4H,1-2H2;6*1-2H2. The van der Waals surface area contributed by atoms with Gasteiger partial charge in [-0.15, -0.1) is 78.9 Å². The molecule has 0 atom stereocenters. The average Bonchev–Trinajstić information content (AvgIpc) is 2.81. The van der Waals surface area contributed by atoms with Gasteiger partial charge in [0.25, 0.3) is 0 Å². The fourth-order valence-electron chi connectivity index (χ4n) is 1.13. The number of rotatable bonds is 9. The van der Waals surface area contributed by atoms with Crippen LogP contribution in [0.2, 0.25) is 0 Å². The summed E-state index contributed by atoms with van der Waals surface area (Å²) in [7, 11) is 0. The Kier molecular flexibility index (Phi) is 282. The summed E-state index contributed by atoms with van der Waals surface area (Å²) in [5.74, 6) is 0. The summed E-state index contributed by atoms with van der Waals surface area (Å²) < 4.78 is 5.24. The van der Waals surface area contributed by atoms with E-state index < -0.39 is 0 Å². The molecule has 2 N–H and O–H groups in total. The second-order valence-corrected chi connectivity index (χ2v) is 3.41. The van der Waals surface area contributed by atoms with Gasteiger partial charge in [0.2, 0.25) is 0 Å². The smallest absolute Gasteiger partial charge is 0.0662 e. The topological polar surface area (TPSA) is 49.7 Å². The summed E-state index contributed by atoms with van der Waals surface area (Å²) >= 11 is 0. The zero-order valence-electron chi connectivity index (χ0n) is 18.9.